The molecule has 0 spiro atoms. The van der Waals surface area contributed by atoms with E-state index in [0.717, 1.165) is 24.5 Å². The number of benzene rings is 2. The van der Waals surface area contributed by atoms with Gasteiger partial charge in [0.15, 0.2) is 0 Å². The summed E-state index contributed by atoms with van der Waals surface area (Å²) in [4.78, 5) is 2.33. The summed E-state index contributed by atoms with van der Waals surface area (Å²) < 4.78 is 27.2. The SMILES string of the molecule is Fc1cccc(F)c1CNc1cccc(N2CCCC2)c1. The fourth-order valence-corrected chi connectivity index (χ4v) is 2.68. The predicted octanol–water partition coefficient (Wildman–Crippen LogP) is 4.18. The van der Waals surface area contributed by atoms with Gasteiger partial charge in [0.2, 0.25) is 0 Å². The Kier molecular flexibility index (Phi) is 4.04. The van der Waals surface area contributed by atoms with Crippen LogP contribution in [0.3, 0.4) is 0 Å². The Morgan fingerprint density at radius 3 is 2.33 bits per heavy atom. The number of hydrogen-bond donors (Lipinski definition) is 1. The van der Waals surface area contributed by atoms with Crippen LogP contribution in [0.2, 0.25) is 0 Å². The summed E-state index contributed by atoms with van der Waals surface area (Å²) in [6, 6.07) is 11.9. The third kappa shape index (κ3) is 3.15. The van der Waals surface area contributed by atoms with Crippen LogP contribution >= 0.6 is 0 Å². The van der Waals surface area contributed by atoms with Crippen LogP contribution in [0.1, 0.15) is 18.4 Å². The summed E-state index contributed by atoms with van der Waals surface area (Å²) in [5, 5.41) is 3.10. The molecule has 1 N–H and O–H groups in total. The molecule has 2 nitrogen and oxygen atoms in total. The molecular weight excluding hydrogens is 270 g/mol. The molecule has 0 radical (unpaired) electrons. The summed E-state index contributed by atoms with van der Waals surface area (Å²) >= 11 is 0. The maximum Gasteiger partial charge on any atom is 0.131 e. The van der Waals surface area contributed by atoms with Crippen molar-refractivity contribution in [3.05, 3.63) is 59.7 Å². The Morgan fingerprint density at radius 2 is 1.62 bits per heavy atom. The number of nitrogens with one attached hydrogen (secondary N) is 1. The smallest absolute Gasteiger partial charge is 0.131 e. The number of rotatable bonds is 4. The van der Waals surface area contributed by atoms with E-state index in [0.29, 0.717) is 0 Å². The number of nitrogens with zero attached hydrogens (tertiary/aromatic N) is 1. The van der Waals surface area contributed by atoms with E-state index in [9.17, 15) is 8.78 Å². The zero-order valence-electron chi connectivity index (χ0n) is 11.8. The van der Waals surface area contributed by atoms with Crippen LogP contribution < -0.4 is 10.2 Å². The summed E-state index contributed by atoms with van der Waals surface area (Å²) in [5.74, 6) is -1.03. The Balaban J connectivity index is 1.72. The molecule has 0 bridgehead atoms. The molecule has 1 aliphatic heterocycles. The average Bonchev–Trinajstić information content (AvgIpc) is 3.01. The largest absolute Gasteiger partial charge is 0.381 e. The van der Waals surface area contributed by atoms with Crippen LogP contribution in [0.5, 0.6) is 0 Å². The fourth-order valence-electron chi connectivity index (χ4n) is 2.68. The van der Waals surface area contributed by atoms with E-state index in [1.54, 1.807) is 0 Å². The lowest BCUT2D eigenvalue weighted by atomic mass is 10.2. The van der Waals surface area contributed by atoms with Gasteiger partial charge in [-0.1, -0.05) is 12.1 Å². The van der Waals surface area contributed by atoms with Crippen molar-refractivity contribution in [3.63, 3.8) is 0 Å². The van der Waals surface area contributed by atoms with Gasteiger partial charge in [-0.05, 0) is 43.2 Å². The molecule has 1 heterocycles. The van der Waals surface area contributed by atoms with Crippen molar-refractivity contribution in [2.75, 3.05) is 23.3 Å². The number of hydrogen-bond acceptors (Lipinski definition) is 2. The molecular formula is C17H18F2N2. The summed E-state index contributed by atoms with van der Waals surface area (Å²) in [5.41, 5.74) is 2.11. The van der Waals surface area contributed by atoms with Crippen molar-refractivity contribution in [3.8, 4) is 0 Å². The molecule has 1 fully saturated rings. The second kappa shape index (κ2) is 6.12. The summed E-state index contributed by atoms with van der Waals surface area (Å²) in [7, 11) is 0. The van der Waals surface area contributed by atoms with Gasteiger partial charge in [0.25, 0.3) is 0 Å². The normalized spacial score (nSPS) is 14.5. The van der Waals surface area contributed by atoms with Crippen LogP contribution in [0.15, 0.2) is 42.5 Å². The molecule has 2 aromatic rings. The molecule has 0 atom stereocenters. The van der Waals surface area contributed by atoms with E-state index in [2.05, 4.69) is 16.3 Å². The van der Waals surface area contributed by atoms with E-state index in [4.69, 9.17) is 0 Å². The van der Waals surface area contributed by atoms with Gasteiger partial charge in [-0.15, -0.1) is 0 Å². The van der Waals surface area contributed by atoms with Gasteiger partial charge in [-0.2, -0.15) is 0 Å². The highest BCUT2D eigenvalue weighted by Gasteiger charge is 2.13. The minimum atomic E-state index is -0.516. The molecule has 4 heteroatoms. The van der Waals surface area contributed by atoms with E-state index in [1.165, 1.54) is 31.0 Å². The van der Waals surface area contributed by atoms with Gasteiger partial charge in [-0.3, -0.25) is 0 Å². The van der Waals surface area contributed by atoms with Crippen LogP contribution in [0.25, 0.3) is 0 Å². The third-order valence-corrected chi connectivity index (χ3v) is 3.85. The van der Waals surface area contributed by atoms with Crippen LogP contribution in [0.4, 0.5) is 20.2 Å². The molecule has 0 amide bonds. The minimum absolute atomic E-state index is 0.0732. The highest BCUT2D eigenvalue weighted by molar-refractivity contribution is 5.58. The molecule has 1 saturated heterocycles. The predicted molar refractivity (Wildman–Crippen MR) is 81.6 cm³/mol. The average molecular weight is 288 g/mol. The Morgan fingerprint density at radius 1 is 0.952 bits per heavy atom. The van der Waals surface area contributed by atoms with Gasteiger partial charge >= 0.3 is 0 Å². The van der Waals surface area contributed by atoms with Crippen molar-refractivity contribution < 1.29 is 8.78 Å². The second-order valence-electron chi connectivity index (χ2n) is 5.30. The van der Waals surface area contributed by atoms with Gasteiger partial charge < -0.3 is 10.2 Å². The summed E-state index contributed by atoms with van der Waals surface area (Å²) in [6.45, 7) is 2.29. The van der Waals surface area contributed by atoms with Crippen molar-refractivity contribution >= 4 is 11.4 Å². The van der Waals surface area contributed by atoms with Gasteiger partial charge in [0, 0.05) is 36.6 Å². The maximum atomic E-state index is 13.6. The maximum absolute atomic E-state index is 13.6. The first-order valence-electron chi connectivity index (χ1n) is 7.26. The standard InChI is InChI=1S/C17H18F2N2/c18-16-7-4-8-17(19)15(16)12-20-13-5-3-6-14(11-13)21-9-1-2-10-21/h3-8,11,20H,1-2,9-10,12H2. The van der Waals surface area contributed by atoms with Gasteiger partial charge in [-0.25, -0.2) is 8.78 Å². The lowest BCUT2D eigenvalue weighted by Crippen LogP contribution is -2.17. The zero-order valence-corrected chi connectivity index (χ0v) is 11.8. The molecule has 110 valence electrons. The molecule has 0 aromatic heterocycles. The summed E-state index contributed by atoms with van der Waals surface area (Å²) in [6.07, 6.45) is 2.44. The first-order chi connectivity index (χ1) is 10.2. The Labute approximate surface area is 123 Å². The van der Waals surface area contributed by atoms with E-state index in [1.807, 2.05) is 18.2 Å². The zero-order chi connectivity index (χ0) is 14.7. The first-order valence-corrected chi connectivity index (χ1v) is 7.26. The Hall–Kier alpha value is -2.10. The molecule has 2 aromatic carbocycles. The minimum Gasteiger partial charge on any atom is -0.381 e. The van der Waals surface area contributed by atoms with Crippen molar-refractivity contribution in [1.82, 2.24) is 0 Å². The molecule has 3 rings (SSSR count). The third-order valence-electron chi connectivity index (χ3n) is 3.85. The fraction of sp³-hybridized carbons (Fsp3) is 0.294. The Bertz CT molecular complexity index is 602. The molecule has 0 saturated carbocycles. The highest BCUT2D eigenvalue weighted by atomic mass is 19.1. The molecule has 0 unspecified atom stereocenters. The van der Waals surface area contributed by atoms with Crippen molar-refractivity contribution in [2.24, 2.45) is 0 Å². The van der Waals surface area contributed by atoms with Gasteiger partial charge in [0.05, 0.1) is 0 Å². The van der Waals surface area contributed by atoms with Gasteiger partial charge in [0.1, 0.15) is 11.6 Å². The molecule has 1 aliphatic rings. The van der Waals surface area contributed by atoms with Crippen LogP contribution in [0, 0.1) is 11.6 Å². The highest BCUT2D eigenvalue weighted by Crippen LogP contribution is 2.24. The second-order valence-corrected chi connectivity index (χ2v) is 5.30. The number of anilines is 2. The van der Waals surface area contributed by atoms with E-state index in [-0.39, 0.29) is 12.1 Å². The molecule has 0 aliphatic carbocycles. The molecule has 21 heavy (non-hydrogen) atoms. The van der Waals surface area contributed by atoms with E-state index >= 15 is 0 Å². The lowest BCUT2D eigenvalue weighted by Gasteiger charge is -2.18. The quantitative estimate of drug-likeness (QED) is 0.908. The number of halogens is 2. The van der Waals surface area contributed by atoms with E-state index < -0.39 is 11.6 Å². The first kappa shape index (κ1) is 13.9. The lowest BCUT2D eigenvalue weighted by molar-refractivity contribution is 0.560. The van der Waals surface area contributed by atoms with Crippen LogP contribution in [-0.4, -0.2) is 13.1 Å². The topological polar surface area (TPSA) is 15.3 Å². The van der Waals surface area contributed by atoms with Crippen molar-refractivity contribution in [2.45, 2.75) is 19.4 Å². The monoisotopic (exact) mass is 288 g/mol. The van der Waals surface area contributed by atoms with Crippen LogP contribution in [-0.2, 0) is 6.54 Å². The van der Waals surface area contributed by atoms with Crippen molar-refractivity contribution in [1.29, 1.82) is 0 Å².